The average Bonchev–Trinajstić information content (AvgIpc) is 3.16. The Labute approximate surface area is 121 Å². The van der Waals surface area contributed by atoms with E-state index < -0.39 is 0 Å². The number of nitrogens with zero attached hydrogens (tertiary/aromatic N) is 2. The average molecular weight is 288 g/mol. The van der Waals surface area contributed by atoms with Crippen LogP contribution < -0.4 is 5.32 Å². The van der Waals surface area contributed by atoms with Crippen LogP contribution in [0.25, 0.3) is 11.5 Å². The SMILES string of the molecule is Cc1ccc(-c2[nH]ncc2CNCCc2cscn2)o1. The lowest BCUT2D eigenvalue weighted by molar-refractivity contribution is 0.545. The summed E-state index contributed by atoms with van der Waals surface area (Å²) in [5.74, 6) is 1.73. The number of aromatic nitrogens is 3. The highest BCUT2D eigenvalue weighted by Gasteiger charge is 2.10. The van der Waals surface area contributed by atoms with Gasteiger partial charge in [0.1, 0.15) is 11.5 Å². The summed E-state index contributed by atoms with van der Waals surface area (Å²) in [6, 6.07) is 3.91. The molecule has 20 heavy (non-hydrogen) atoms. The van der Waals surface area contributed by atoms with Gasteiger partial charge in [0.05, 0.1) is 17.4 Å². The Hall–Kier alpha value is -1.92. The van der Waals surface area contributed by atoms with Crippen molar-refractivity contribution in [1.29, 1.82) is 0 Å². The van der Waals surface area contributed by atoms with Gasteiger partial charge in [0.2, 0.25) is 0 Å². The molecule has 3 heterocycles. The number of H-pyrrole nitrogens is 1. The predicted molar refractivity (Wildman–Crippen MR) is 78.6 cm³/mol. The largest absolute Gasteiger partial charge is 0.460 e. The molecular weight excluding hydrogens is 272 g/mol. The maximum atomic E-state index is 5.63. The predicted octanol–water partition coefficient (Wildman–Crippen LogP) is 2.77. The van der Waals surface area contributed by atoms with Gasteiger partial charge in [-0.05, 0) is 19.1 Å². The Balaban J connectivity index is 1.57. The van der Waals surface area contributed by atoms with Gasteiger partial charge in [-0.3, -0.25) is 5.10 Å². The van der Waals surface area contributed by atoms with E-state index >= 15 is 0 Å². The first-order valence-electron chi connectivity index (χ1n) is 6.50. The maximum Gasteiger partial charge on any atom is 0.152 e. The topological polar surface area (TPSA) is 66.7 Å². The molecule has 5 nitrogen and oxygen atoms in total. The zero-order chi connectivity index (χ0) is 13.8. The van der Waals surface area contributed by atoms with Gasteiger partial charge in [0.15, 0.2) is 5.76 Å². The molecule has 0 saturated carbocycles. The van der Waals surface area contributed by atoms with Crippen LogP contribution in [-0.4, -0.2) is 21.7 Å². The number of hydrogen-bond acceptors (Lipinski definition) is 5. The van der Waals surface area contributed by atoms with Crippen molar-refractivity contribution in [3.63, 3.8) is 0 Å². The number of nitrogens with one attached hydrogen (secondary N) is 2. The quantitative estimate of drug-likeness (QED) is 0.684. The van der Waals surface area contributed by atoms with E-state index in [4.69, 9.17) is 4.42 Å². The van der Waals surface area contributed by atoms with E-state index in [1.54, 1.807) is 11.3 Å². The van der Waals surface area contributed by atoms with Crippen molar-refractivity contribution in [3.8, 4) is 11.5 Å². The lowest BCUT2D eigenvalue weighted by Gasteiger charge is -2.03. The van der Waals surface area contributed by atoms with Crippen molar-refractivity contribution in [2.75, 3.05) is 6.54 Å². The Bertz CT molecular complexity index is 656. The van der Waals surface area contributed by atoms with E-state index in [1.165, 1.54) is 0 Å². The summed E-state index contributed by atoms with van der Waals surface area (Å²) in [4.78, 5) is 4.26. The van der Waals surface area contributed by atoms with Crippen LogP contribution in [0.1, 0.15) is 17.0 Å². The first-order chi connectivity index (χ1) is 9.83. The van der Waals surface area contributed by atoms with Crippen molar-refractivity contribution >= 4 is 11.3 Å². The highest BCUT2D eigenvalue weighted by molar-refractivity contribution is 7.07. The van der Waals surface area contributed by atoms with Gasteiger partial charge < -0.3 is 9.73 Å². The lowest BCUT2D eigenvalue weighted by Crippen LogP contribution is -2.16. The molecule has 3 aromatic heterocycles. The number of aromatic amines is 1. The number of furan rings is 1. The van der Waals surface area contributed by atoms with Crippen molar-refractivity contribution in [2.45, 2.75) is 19.9 Å². The third kappa shape index (κ3) is 2.97. The Morgan fingerprint density at radius 1 is 1.40 bits per heavy atom. The second kappa shape index (κ2) is 6.02. The van der Waals surface area contributed by atoms with E-state index in [0.29, 0.717) is 0 Å². The van der Waals surface area contributed by atoms with E-state index in [9.17, 15) is 0 Å². The maximum absolute atomic E-state index is 5.63. The molecule has 3 aromatic rings. The molecule has 0 saturated heterocycles. The van der Waals surface area contributed by atoms with Gasteiger partial charge in [-0.2, -0.15) is 5.10 Å². The first-order valence-corrected chi connectivity index (χ1v) is 7.44. The van der Waals surface area contributed by atoms with E-state index in [-0.39, 0.29) is 0 Å². The number of thiazole rings is 1. The molecule has 0 radical (unpaired) electrons. The zero-order valence-corrected chi connectivity index (χ0v) is 12.0. The van der Waals surface area contributed by atoms with Crippen LogP contribution in [0.3, 0.4) is 0 Å². The van der Waals surface area contributed by atoms with E-state index in [2.05, 4.69) is 25.9 Å². The molecule has 0 amide bonds. The van der Waals surface area contributed by atoms with Crippen molar-refractivity contribution in [3.05, 3.63) is 46.2 Å². The molecule has 6 heteroatoms. The fourth-order valence-corrected chi connectivity index (χ4v) is 2.62. The molecule has 0 spiro atoms. The minimum atomic E-state index is 0.760. The van der Waals surface area contributed by atoms with Crippen LogP contribution in [0.4, 0.5) is 0 Å². The molecule has 2 N–H and O–H groups in total. The fourth-order valence-electron chi connectivity index (χ4n) is 2.03. The smallest absolute Gasteiger partial charge is 0.152 e. The number of rotatable bonds is 6. The molecule has 3 rings (SSSR count). The van der Waals surface area contributed by atoms with E-state index in [1.807, 2.05) is 30.8 Å². The molecule has 0 unspecified atom stereocenters. The van der Waals surface area contributed by atoms with E-state index in [0.717, 1.165) is 48.0 Å². The summed E-state index contributed by atoms with van der Waals surface area (Å²) in [6.07, 6.45) is 2.78. The summed E-state index contributed by atoms with van der Waals surface area (Å²) in [5.41, 5.74) is 5.05. The number of aryl methyl sites for hydroxylation is 1. The Kier molecular flexibility index (Phi) is 3.94. The van der Waals surface area contributed by atoms with Gasteiger partial charge in [-0.25, -0.2) is 4.98 Å². The molecule has 0 aliphatic heterocycles. The molecule has 0 atom stereocenters. The zero-order valence-electron chi connectivity index (χ0n) is 11.2. The van der Waals surface area contributed by atoms with Crippen LogP contribution >= 0.6 is 11.3 Å². The van der Waals surface area contributed by atoms with Gasteiger partial charge >= 0.3 is 0 Å². The van der Waals surface area contributed by atoms with Crippen LogP contribution in [0.2, 0.25) is 0 Å². The Morgan fingerprint density at radius 2 is 2.35 bits per heavy atom. The minimum absolute atomic E-state index is 0.760. The van der Waals surface area contributed by atoms with Gasteiger partial charge in [-0.15, -0.1) is 11.3 Å². The van der Waals surface area contributed by atoms with Gasteiger partial charge in [0.25, 0.3) is 0 Å². The molecule has 0 aliphatic rings. The van der Waals surface area contributed by atoms with Crippen LogP contribution in [-0.2, 0) is 13.0 Å². The third-order valence-electron chi connectivity index (χ3n) is 3.06. The highest BCUT2D eigenvalue weighted by Crippen LogP contribution is 2.23. The summed E-state index contributed by atoms with van der Waals surface area (Å²) in [5, 5.41) is 12.6. The summed E-state index contributed by atoms with van der Waals surface area (Å²) >= 11 is 1.63. The summed E-state index contributed by atoms with van der Waals surface area (Å²) < 4.78 is 5.63. The molecule has 104 valence electrons. The Morgan fingerprint density at radius 3 is 3.10 bits per heavy atom. The van der Waals surface area contributed by atoms with Gasteiger partial charge in [0, 0.05) is 30.5 Å². The third-order valence-corrected chi connectivity index (χ3v) is 3.70. The minimum Gasteiger partial charge on any atom is -0.460 e. The second-order valence-corrected chi connectivity index (χ2v) is 5.31. The van der Waals surface area contributed by atoms with Crippen LogP contribution in [0, 0.1) is 6.92 Å². The lowest BCUT2D eigenvalue weighted by atomic mass is 10.2. The standard InChI is InChI=1S/C14H16N4OS/c1-10-2-3-13(19-10)14-11(7-17-18-14)6-15-5-4-12-8-20-9-16-12/h2-3,7-9,15H,4-6H2,1H3,(H,17,18). The number of hydrogen-bond donors (Lipinski definition) is 2. The monoisotopic (exact) mass is 288 g/mol. The first kappa shape index (κ1) is 13.1. The molecule has 0 aromatic carbocycles. The van der Waals surface area contributed by atoms with Crippen LogP contribution in [0.5, 0.6) is 0 Å². The molecule has 0 aliphatic carbocycles. The van der Waals surface area contributed by atoms with Crippen molar-refractivity contribution in [1.82, 2.24) is 20.5 Å². The van der Waals surface area contributed by atoms with Crippen molar-refractivity contribution in [2.24, 2.45) is 0 Å². The normalized spacial score (nSPS) is 11.1. The summed E-state index contributed by atoms with van der Waals surface area (Å²) in [6.45, 7) is 3.59. The van der Waals surface area contributed by atoms with Crippen molar-refractivity contribution < 1.29 is 4.42 Å². The molecular formula is C14H16N4OS. The summed E-state index contributed by atoms with van der Waals surface area (Å²) in [7, 11) is 0. The van der Waals surface area contributed by atoms with Crippen LogP contribution in [0.15, 0.2) is 33.6 Å². The van der Waals surface area contributed by atoms with Gasteiger partial charge in [-0.1, -0.05) is 0 Å². The molecule has 0 bridgehead atoms. The fraction of sp³-hybridized carbons (Fsp3) is 0.286. The second-order valence-electron chi connectivity index (χ2n) is 4.59. The molecule has 0 fully saturated rings. The highest BCUT2D eigenvalue weighted by atomic mass is 32.1.